The standard InChI is InChI=1S/C12H16O3S/c1-8-5-3-4-6-10(8)12(15)11(14)7-16-9(2)13/h3-6,11-12,14-15H,7H2,1-2H3. The third-order valence-electron chi connectivity index (χ3n) is 2.33. The minimum Gasteiger partial charge on any atom is -0.389 e. The van der Waals surface area contributed by atoms with Crippen LogP contribution in [0.4, 0.5) is 0 Å². The summed E-state index contributed by atoms with van der Waals surface area (Å²) >= 11 is 1.02. The van der Waals surface area contributed by atoms with Gasteiger partial charge in [0, 0.05) is 12.7 Å². The number of benzene rings is 1. The Balaban J connectivity index is 2.66. The first-order valence-electron chi connectivity index (χ1n) is 5.07. The zero-order valence-electron chi connectivity index (χ0n) is 9.38. The minimum atomic E-state index is -0.937. The molecule has 1 aromatic rings. The summed E-state index contributed by atoms with van der Waals surface area (Å²) in [5.41, 5.74) is 1.64. The topological polar surface area (TPSA) is 57.5 Å². The van der Waals surface area contributed by atoms with Gasteiger partial charge in [-0.1, -0.05) is 36.0 Å². The average Bonchev–Trinajstić information content (AvgIpc) is 2.25. The second kappa shape index (κ2) is 6.03. The van der Waals surface area contributed by atoms with Gasteiger partial charge in [0.25, 0.3) is 0 Å². The molecule has 2 N–H and O–H groups in total. The normalized spacial score (nSPS) is 14.5. The summed E-state index contributed by atoms with van der Waals surface area (Å²) in [7, 11) is 0. The Bertz CT molecular complexity index is 365. The van der Waals surface area contributed by atoms with Crippen LogP contribution in [-0.2, 0) is 4.79 Å². The van der Waals surface area contributed by atoms with Crippen molar-refractivity contribution in [3.8, 4) is 0 Å². The van der Waals surface area contributed by atoms with E-state index in [4.69, 9.17) is 0 Å². The quantitative estimate of drug-likeness (QED) is 0.840. The summed E-state index contributed by atoms with van der Waals surface area (Å²) in [4.78, 5) is 10.7. The lowest BCUT2D eigenvalue weighted by Gasteiger charge is -2.19. The number of thioether (sulfide) groups is 1. The van der Waals surface area contributed by atoms with Crippen molar-refractivity contribution in [3.63, 3.8) is 0 Å². The number of hydrogen-bond acceptors (Lipinski definition) is 4. The van der Waals surface area contributed by atoms with E-state index in [-0.39, 0.29) is 10.9 Å². The van der Waals surface area contributed by atoms with E-state index in [1.807, 2.05) is 25.1 Å². The molecule has 0 heterocycles. The Morgan fingerprint density at radius 3 is 2.56 bits per heavy atom. The molecule has 0 aliphatic rings. The van der Waals surface area contributed by atoms with Crippen LogP contribution >= 0.6 is 11.8 Å². The molecule has 1 aromatic carbocycles. The van der Waals surface area contributed by atoms with E-state index >= 15 is 0 Å². The van der Waals surface area contributed by atoms with Crippen molar-refractivity contribution in [1.82, 2.24) is 0 Å². The highest BCUT2D eigenvalue weighted by Gasteiger charge is 2.20. The summed E-state index contributed by atoms with van der Waals surface area (Å²) in [5.74, 6) is 0.213. The lowest BCUT2D eigenvalue weighted by atomic mass is 10.0. The predicted octanol–water partition coefficient (Wildman–Crippen LogP) is 1.67. The van der Waals surface area contributed by atoms with Crippen LogP contribution in [0.1, 0.15) is 24.2 Å². The Hall–Kier alpha value is -0.840. The van der Waals surface area contributed by atoms with Gasteiger partial charge in [0.2, 0.25) is 0 Å². The SMILES string of the molecule is CC(=O)SCC(O)C(O)c1ccccc1C. The van der Waals surface area contributed by atoms with Crippen LogP contribution in [0.3, 0.4) is 0 Å². The molecule has 0 saturated carbocycles. The molecular weight excluding hydrogens is 224 g/mol. The van der Waals surface area contributed by atoms with E-state index in [2.05, 4.69) is 0 Å². The molecule has 0 amide bonds. The third-order valence-corrected chi connectivity index (χ3v) is 3.24. The van der Waals surface area contributed by atoms with Gasteiger partial charge in [-0.25, -0.2) is 0 Å². The number of aliphatic hydroxyl groups is 2. The lowest BCUT2D eigenvalue weighted by Crippen LogP contribution is -2.22. The van der Waals surface area contributed by atoms with Gasteiger partial charge < -0.3 is 10.2 Å². The molecular formula is C12H16O3S. The van der Waals surface area contributed by atoms with Gasteiger partial charge in [0.05, 0.1) is 6.10 Å². The van der Waals surface area contributed by atoms with Gasteiger partial charge in [0.1, 0.15) is 6.10 Å². The summed E-state index contributed by atoms with van der Waals surface area (Å²) in [6.07, 6.45) is -1.86. The molecule has 0 spiro atoms. The van der Waals surface area contributed by atoms with Crippen molar-refractivity contribution in [2.24, 2.45) is 0 Å². The fraction of sp³-hybridized carbons (Fsp3) is 0.417. The molecule has 2 atom stereocenters. The van der Waals surface area contributed by atoms with E-state index in [1.54, 1.807) is 6.07 Å². The molecule has 2 unspecified atom stereocenters. The van der Waals surface area contributed by atoms with Crippen LogP contribution in [0, 0.1) is 6.92 Å². The molecule has 0 fully saturated rings. The molecule has 16 heavy (non-hydrogen) atoms. The Kier molecular flexibility index (Phi) is 4.99. The number of aryl methyl sites for hydroxylation is 1. The summed E-state index contributed by atoms with van der Waals surface area (Å²) < 4.78 is 0. The van der Waals surface area contributed by atoms with Crippen LogP contribution in [0.5, 0.6) is 0 Å². The fourth-order valence-corrected chi connectivity index (χ4v) is 2.01. The summed E-state index contributed by atoms with van der Waals surface area (Å²) in [6.45, 7) is 3.32. The molecule has 0 aromatic heterocycles. The summed E-state index contributed by atoms with van der Waals surface area (Å²) in [6, 6.07) is 7.35. The highest BCUT2D eigenvalue weighted by molar-refractivity contribution is 8.13. The van der Waals surface area contributed by atoms with Gasteiger partial charge in [-0.2, -0.15) is 0 Å². The number of aliphatic hydroxyl groups excluding tert-OH is 2. The van der Waals surface area contributed by atoms with Crippen molar-refractivity contribution in [2.45, 2.75) is 26.1 Å². The zero-order chi connectivity index (χ0) is 12.1. The van der Waals surface area contributed by atoms with Gasteiger partial charge >= 0.3 is 0 Å². The van der Waals surface area contributed by atoms with Crippen molar-refractivity contribution < 1.29 is 15.0 Å². The smallest absolute Gasteiger partial charge is 0.185 e. The number of carbonyl (C=O) groups is 1. The van der Waals surface area contributed by atoms with Gasteiger partial charge in [-0.15, -0.1) is 0 Å². The van der Waals surface area contributed by atoms with Crippen LogP contribution in [0.15, 0.2) is 24.3 Å². The largest absolute Gasteiger partial charge is 0.389 e. The molecule has 1 rings (SSSR count). The number of carbonyl (C=O) groups excluding carboxylic acids is 1. The lowest BCUT2D eigenvalue weighted by molar-refractivity contribution is -0.109. The zero-order valence-corrected chi connectivity index (χ0v) is 10.2. The Labute approximate surface area is 99.5 Å². The maximum Gasteiger partial charge on any atom is 0.185 e. The summed E-state index contributed by atoms with van der Waals surface area (Å²) in [5, 5.41) is 19.6. The molecule has 0 saturated heterocycles. The first-order chi connectivity index (χ1) is 7.52. The van der Waals surface area contributed by atoms with Crippen molar-refractivity contribution in [1.29, 1.82) is 0 Å². The molecule has 0 radical (unpaired) electrons. The van der Waals surface area contributed by atoms with E-state index in [1.165, 1.54) is 6.92 Å². The molecule has 0 aliphatic heterocycles. The molecule has 4 heteroatoms. The van der Waals surface area contributed by atoms with Gasteiger partial charge in [0.15, 0.2) is 5.12 Å². The fourth-order valence-electron chi connectivity index (χ4n) is 1.42. The van der Waals surface area contributed by atoms with Crippen molar-refractivity contribution in [2.75, 3.05) is 5.75 Å². The van der Waals surface area contributed by atoms with Crippen LogP contribution in [0.25, 0.3) is 0 Å². The first kappa shape index (κ1) is 13.2. The Morgan fingerprint density at radius 2 is 2.00 bits per heavy atom. The van der Waals surface area contributed by atoms with Gasteiger partial charge in [-0.3, -0.25) is 4.79 Å². The van der Waals surface area contributed by atoms with Crippen molar-refractivity contribution >= 4 is 16.9 Å². The number of hydrogen-bond donors (Lipinski definition) is 2. The van der Waals surface area contributed by atoms with E-state index in [0.29, 0.717) is 5.56 Å². The molecule has 0 bridgehead atoms. The van der Waals surface area contributed by atoms with E-state index < -0.39 is 12.2 Å². The Morgan fingerprint density at radius 1 is 1.38 bits per heavy atom. The van der Waals surface area contributed by atoms with E-state index in [0.717, 1.165) is 17.3 Å². The second-order valence-corrected chi connectivity index (χ2v) is 4.87. The predicted molar refractivity (Wildman–Crippen MR) is 65.3 cm³/mol. The first-order valence-corrected chi connectivity index (χ1v) is 6.06. The number of rotatable bonds is 4. The molecule has 88 valence electrons. The monoisotopic (exact) mass is 240 g/mol. The third kappa shape index (κ3) is 3.63. The van der Waals surface area contributed by atoms with Crippen LogP contribution < -0.4 is 0 Å². The maximum atomic E-state index is 10.7. The average molecular weight is 240 g/mol. The molecule has 0 aliphatic carbocycles. The maximum absolute atomic E-state index is 10.7. The van der Waals surface area contributed by atoms with E-state index in [9.17, 15) is 15.0 Å². The van der Waals surface area contributed by atoms with Gasteiger partial charge in [-0.05, 0) is 18.1 Å². The molecule has 3 nitrogen and oxygen atoms in total. The second-order valence-electron chi connectivity index (χ2n) is 3.67. The van der Waals surface area contributed by atoms with Crippen molar-refractivity contribution in [3.05, 3.63) is 35.4 Å². The van der Waals surface area contributed by atoms with Crippen LogP contribution in [0.2, 0.25) is 0 Å². The minimum absolute atomic E-state index is 0.0592. The highest BCUT2D eigenvalue weighted by atomic mass is 32.2. The highest BCUT2D eigenvalue weighted by Crippen LogP contribution is 2.22. The van der Waals surface area contributed by atoms with Crippen LogP contribution in [-0.4, -0.2) is 27.2 Å².